The fraction of sp³-hybridized carbons (Fsp3) is 0.579. The lowest BCUT2D eigenvalue weighted by Gasteiger charge is -2.10. The first-order chi connectivity index (χ1) is 15.9. The summed E-state index contributed by atoms with van der Waals surface area (Å²) < 4.78 is 27.5. The summed E-state index contributed by atoms with van der Waals surface area (Å²) in [5.41, 5.74) is 5.91. The lowest BCUT2D eigenvalue weighted by molar-refractivity contribution is -0.135. The number of rotatable bonds is 4. The Kier molecular flexibility index (Phi) is 9.26. The molecule has 2 aliphatic heterocycles. The van der Waals surface area contributed by atoms with Crippen LogP contribution in [0.4, 0.5) is 0 Å². The molecule has 4 heterocycles. The van der Waals surface area contributed by atoms with Crippen molar-refractivity contribution in [3.05, 3.63) is 17.8 Å². The van der Waals surface area contributed by atoms with E-state index in [0.717, 1.165) is 45.7 Å². The lowest BCUT2D eigenvalue weighted by Crippen LogP contribution is -2.17. The van der Waals surface area contributed by atoms with E-state index < -0.39 is 27.7 Å². The fourth-order valence-corrected chi connectivity index (χ4v) is 5.17. The largest absolute Gasteiger partial charge is 0.481 e. The Hall–Kier alpha value is -3.33. The number of imidazole rings is 1. The summed E-state index contributed by atoms with van der Waals surface area (Å²) in [5, 5.41) is 22.5. The van der Waals surface area contributed by atoms with Gasteiger partial charge < -0.3 is 25.8 Å². The molecule has 1 amide bonds. The summed E-state index contributed by atoms with van der Waals surface area (Å²) in [7, 11) is -3.08. The van der Waals surface area contributed by atoms with Crippen LogP contribution in [0.5, 0.6) is 0 Å². The molecule has 1 saturated heterocycles. The summed E-state index contributed by atoms with van der Waals surface area (Å²) >= 11 is 0. The van der Waals surface area contributed by atoms with Crippen LogP contribution in [0, 0.1) is 0 Å². The number of hydrogen-bond donors (Lipinski definition) is 4. The minimum atomic E-state index is -3.08. The SMILES string of the molecule is CC(=O)O.CC(=O)O.NC(=O)Cc1nc(-c2cn3c(n2)CCNCC3)n(C2CCS(=O)(=O)C2)n1. The molecule has 2 aliphatic rings. The molecule has 1 unspecified atom stereocenters. The van der Waals surface area contributed by atoms with Crippen LogP contribution in [-0.2, 0) is 43.6 Å². The molecule has 2 aromatic rings. The predicted octanol–water partition coefficient (Wildman–Crippen LogP) is -1.14. The molecule has 34 heavy (non-hydrogen) atoms. The second-order valence-electron chi connectivity index (χ2n) is 7.77. The van der Waals surface area contributed by atoms with E-state index in [4.69, 9.17) is 25.5 Å². The minimum absolute atomic E-state index is 0.0247. The number of carbonyl (C=O) groups is 3. The van der Waals surface area contributed by atoms with Gasteiger partial charge in [-0.1, -0.05) is 0 Å². The van der Waals surface area contributed by atoms with E-state index >= 15 is 0 Å². The summed E-state index contributed by atoms with van der Waals surface area (Å²) in [4.78, 5) is 38.4. The Bertz CT molecular complexity index is 1100. The summed E-state index contributed by atoms with van der Waals surface area (Å²) in [6.07, 6.45) is 3.11. The second-order valence-corrected chi connectivity index (χ2v) is 10.00. The maximum Gasteiger partial charge on any atom is 0.300 e. The van der Waals surface area contributed by atoms with Crippen molar-refractivity contribution < 1.29 is 33.0 Å². The van der Waals surface area contributed by atoms with Crippen molar-refractivity contribution in [2.75, 3.05) is 24.6 Å². The number of carboxylic acids is 2. The van der Waals surface area contributed by atoms with Gasteiger partial charge in [0.05, 0.1) is 24.0 Å². The highest BCUT2D eigenvalue weighted by atomic mass is 32.2. The molecule has 14 nitrogen and oxygen atoms in total. The van der Waals surface area contributed by atoms with Crippen LogP contribution in [0.2, 0.25) is 0 Å². The molecular weight excluding hydrogens is 470 g/mol. The van der Waals surface area contributed by atoms with E-state index in [2.05, 4.69) is 25.0 Å². The molecule has 188 valence electrons. The highest BCUT2D eigenvalue weighted by Gasteiger charge is 2.33. The number of carboxylic acid groups (broad SMARTS) is 2. The van der Waals surface area contributed by atoms with E-state index in [1.165, 1.54) is 0 Å². The number of aliphatic carboxylic acids is 2. The van der Waals surface area contributed by atoms with Crippen molar-refractivity contribution >= 4 is 27.7 Å². The van der Waals surface area contributed by atoms with Crippen LogP contribution in [0.25, 0.3) is 11.5 Å². The number of hydrogen-bond acceptors (Lipinski definition) is 9. The smallest absolute Gasteiger partial charge is 0.300 e. The first-order valence-electron chi connectivity index (χ1n) is 10.5. The van der Waals surface area contributed by atoms with E-state index in [9.17, 15) is 13.2 Å². The molecule has 1 fully saturated rings. The van der Waals surface area contributed by atoms with Crippen molar-refractivity contribution in [1.82, 2.24) is 29.6 Å². The van der Waals surface area contributed by atoms with E-state index in [1.54, 1.807) is 4.68 Å². The standard InChI is InChI=1S/C15H21N7O3S.2C2H4O2/c16-12(23)7-13-19-15(22(20-13)10-2-6-26(24,25)9-10)11-8-21-5-4-17-3-1-14(21)18-11;2*1-2(3)4/h8,10,17H,1-7,9H2,(H2,16,23);2*1H3,(H,3,4). The van der Waals surface area contributed by atoms with Crippen molar-refractivity contribution in [3.63, 3.8) is 0 Å². The third kappa shape index (κ3) is 8.22. The quantitative estimate of drug-likeness (QED) is 0.394. The number of amides is 1. The number of fused-ring (bicyclic) bond motifs is 1. The summed E-state index contributed by atoms with van der Waals surface area (Å²) in [5.74, 6) is -0.294. The highest BCUT2D eigenvalue weighted by molar-refractivity contribution is 7.91. The Balaban J connectivity index is 0.000000446. The maximum atomic E-state index is 11.9. The molecule has 2 aromatic heterocycles. The van der Waals surface area contributed by atoms with Gasteiger partial charge in [0.2, 0.25) is 5.91 Å². The van der Waals surface area contributed by atoms with Crippen LogP contribution in [0.15, 0.2) is 6.20 Å². The summed E-state index contributed by atoms with van der Waals surface area (Å²) in [6, 6.07) is -0.299. The van der Waals surface area contributed by atoms with Gasteiger partial charge in [0, 0.05) is 46.1 Å². The molecule has 1 atom stereocenters. The second kappa shape index (κ2) is 11.7. The molecular formula is C19H29N7O7S. The molecule has 15 heteroatoms. The van der Waals surface area contributed by atoms with Gasteiger partial charge in [0.25, 0.3) is 11.9 Å². The number of aromatic nitrogens is 5. The third-order valence-electron chi connectivity index (χ3n) is 4.70. The van der Waals surface area contributed by atoms with Crippen molar-refractivity contribution in [1.29, 1.82) is 0 Å². The van der Waals surface area contributed by atoms with Gasteiger partial charge in [-0.25, -0.2) is 23.1 Å². The fourth-order valence-electron chi connectivity index (χ4n) is 3.48. The van der Waals surface area contributed by atoms with Gasteiger partial charge in [-0.05, 0) is 6.42 Å². The normalized spacial score (nSPS) is 18.4. The van der Waals surface area contributed by atoms with Gasteiger partial charge in [0.1, 0.15) is 11.5 Å². The molecule has 4 rings (SSSR count). The molecule has 0 spiro atoms. The van der Waals surface area contributed by atoms with Gasteiger partial charge in [-0.2, -0.15) is 5.10 Å². The van der Waals surface area contributed by atoms with Crippen LogP contribution >= 0.6 is 0 Å². The van der Waals surface area contributed by atoms with Crippen LogP contribution in [-0.4, -0.2) is 85.4 Å². The monoisotopic (exact) mass is 499 g/mol. The van der Waals surface area contributed by atoms with E-state index in [1.807, 2.05) is 6.20 Å². The van der Waals surface area contributed by atoms with Crippen molar-refractivity contribution in [2.24, 2.45) is 5.73 Å². The minimum Gasteiger partial charge on any atom is -0.481 e. The van der Waals surface area contributed by atoms with E-state index in [-0.39, 0.29) is 24.0 Å². The number of nitrogens with two attached hydrogens (primary N) is 1. The molecule has 0 radical (unpaired) electrons. The Morgan fingerprint density at radius 3 is 2.38 bits per heavy atom. The Morgan fingerprint density at radius 1 is 1.18 bits per heavy atom. The average molecular weight is 500 g/mol. The topological polar surface area (TPSA) is 212 Å². The van der Waals surface area contributed by atoms with Gasteiger partial charge in [-0.15, -0.1) is 0 Å². The van der Waals surface area contributed by atoms with Crippen LogP contribution < -0.4 is 11.1 Å². The zero-order valence-electron chi connectivity index (χ0n) is 19.0. The molecule has 0 aliphatic carbocycles. The first kappa shape index (κ1) is 26.9. The molecule has 0 aromatic carbocycles. The summed E-state index contributed by atoms with van der Waals surface area (Å²) in [6.45, 7) is 4.70. The molecule has 0 saturated carbocycles. The number of primary amides is 1. The van der Waals surface area contributed by atoms with Crippen molar-refractivity contribution in [2.45, 2.75) is 45.7 Å². The average Bonchev–Trinajstić information content (AvgIpc) is 3.33. The number of nitrogens with zero attached hydrogens (tertiary/aromatic N) is 5. The highest BCUT2D eigenvalue weighted by Crippen LogP contribution is 2.28. The molecule has 0 bridgehead atoms. The third-order valence-corrected chi connectivity index (χ3v) is 6.46. The Labute approximate surface area is 196 Å². The van der Waals surface area contributed by atoms with Gasteiger partial charge >= 0.3 is 0 Å². The zero-order chi connectivity index (χ0) is 25.5. The number of carbonyl (C=O) groups excluding carboxylic acids is 1. The van der Waals surface area contributed by atoms with Crippen molar-refractivity contribution in [3.8, 4) is 11.5 Å². The number of sulfone groups is 1. The van der Waals surface area contributed by atoms with E-state index in [0.29, 0.717) is 23.8 Å². The van der Waals surface area contributed by atoms with Crippen LogP contribution in [0.3, 0.4) is 0 Å². The van der Waals surface area contributed by atoms with Gasteiger partial charge in [0.15, 0.2) is 21.5 Å². The predicted molar refractivity (Wildman–Crippen MR) is 120 cm³/mol. The molecule has 5 N–H and O–H groups in total. The lowest BCUT2D eigenvalue weighted by atomic mass is 10.2. The van der Waals surface area contributed by atoms with Gasteiger partial charge in [-0.3, -0.25) is 14.4 Å². The zero-order valence-corrected chi connectivity index (χ0v) is 19.8. The number of nitrogens with one attached hydrogen (secondary N) is 1. The Morgan fingerprint density at radius 2 is 1.82 bits per heavy atom. The first-order valence-corrected chi connectivity index (χ1v) is 12.3. The van der Waals surface area contributed by atoms with Crippen LogP contribution in [0.1, 0.15) is 38.0 Å². The maximum absolute atomic E-state index is 11.9.